The van der Waals surface area contributed by atoms with E-state index in [2.05, 4.69) is 20.7 Å². The maximum Gasteiger partial charge on any atom is 0.252 e. The molecule has 2 aromatic heterocycles. The summed E-state index contributed by atoms with van der Waals surface area (Å²) in [5, 5.41) is 15.5. The van der Waals surface area contributed by atoms with Gasteiger partial charge in [0.25, 0.3) is 5.91 Å². The molecule has 0 fully saturated rings. The van der Waals surface area contributed by atoms with Crippen LogP contribution in [-0.4, -0.2) is 21.3 Å². The molecule has 0 saturated carbocycles. The van der Waals surface area contributed by atoms with Crippen LogP contribution < -0.4 is 5.32 Å². The summed E-state index contributed by atoms with van der Waals surface area (Å²) in [5.41, 5.74) is 2.64. The van der Waals surface area contributed by atoms with Crippen molar-refractivity contribution in [2.75, 3.05) is 0 Å². The smallest absolute Gasteiger partial charge is 0.252 e. The molecule has 1 unspecified atom stereocenters. The van der Waals surface area contributed by atoms with E-state index < -0.39 is 0 Å². The van der Waals surface area contributed by atoms with Crippen LogP contribution in [0.15, 0.2) is 60.0 Å². The van der Waals surface area contributed by atoms with Crippen molar-refractivity contribution in [3.63, 3.8) is 0 Å². The standard InChI is InChI=1S/C18H13FN4OS/c19-13-6-3-11(4-7-13)17(16-2-1-9-25-16)20-18(24)12-5-8-14-15(10-12)22-23-21-14/h1-10,17H,(H,20,24)(H,21,22,23). The van der Waals surface area contributed by atoms with Crippen molar-refractivity contribution in [1.29, 1.82) is 0 Å². The number of H-pyrrole nitrogens is 1. The number of hydrogen-bond donors (Lipinski definition) is 2. The summed E-state index contributed by atoms with van der Waals surface area (Å²) < 4.78 is 13.2. The van der Waals surface area contributed by atoms with Crippen molar-refractivity contribution < 1.29 is 9.18 Å². The summed E-state index contributed by atoms with van der Waals surface area (Å²) in [6, 6.07) is 14.8. The van der Waals surface area contributed by atoms with Crippen LogP contribution in [0, 0.1) is 5.82 Å². The number of aromatic nitrogens is 3. The van der Waals surface area contributed by atoms with Crippen molar-refractivity contribution in [3.8, 4) is 0 Å². The van der Waals surface area contributed by atoms with Gasteiger partial charge in [-0.15, -0.1) is 11.3 Å². The summed E-state index contributed by atoms with van der Waals surface area (Å²) in [6.45, 7) is 0. The van der Waals surface area contributed by atoms with Crippen LogP contribution in [0.5, 0.6) is 0 Å². The molecule has 4 rings (SSSR count). The van der Waals surface area contributed by atoms with E-state index in [0.29, 0.717) is 16.6 Å². The predicted octanol–water partition coefficient (Wildman–Crippen LogP) is 3.68. The van der Waals surface area contributed by atoms with E-state index >= 15 is 0 Å². The molecule has 2 N–H and O–H groups in total. The van der Waals surface area contributed by atoms with Crippen molar-refractivity contribution in [1.82, 2.24) is 20.7 Å². The van der Waals surface area contributed by atoms with Gasteiger partial charge in [0.1, 0.15) is 16.9 Å². The molecular weight excluding hydrogens is 339 g/mol. The molecule has 0 spiro atoms. The number of nitrogens with zero attached hydrogens (tertiary/aromatic N) is 2. The lowest BCUT2D eigenvalue weighted by Crippen LogP contribution is -2.28. The van der Waals surface area contributed by atoms with Gasteiger partial charge in [-0.2, -0.15) is 15.4 Å². The Morgan fingerprint density at radius 1 is 1.08 bits per heavy atom. The second-order valence-electron chi connectivity index (χ2n) is 5.50. The highest BCUT2D eigenvalue weighted by molar-refractivity contribution is 7.10. The van der Waals surface area contributed by atoms with E-state index in [4.69, 9.17) is 0 Å². The highest BCUT2D eigenvalue weighted by Crippen LogP contribution is 2.27. The summed E-state index contributed by atoms with van der Waals surface area (Å²) >= 11 is 1.54. The highest BCUT2D eigenvalue weighted by atomic mass is 32.1. The quantitative estimate of drug-likeness (QED) is 0.589. The van der Waals surface area contributed by atoms with Gasteiger partial charge in [-0.3, -0.25) is 4.79 Å². The van der Waals surface area contributed by atoms with Crippen LogP contribution in [-0.2, 0) is 0 Å². The largest absolute Gasteiger partial charge is 0.340 e. The molecule has 25 heavy (non-hydrogen) atoms. The number of amides is 1. The molecule has 2 heterocycles. The fraction of sp³-hybridized carbons (Fsp3) is 0.0556. The lowest BCUT2D eigenvalue weighted by molar-refractivity contribution is 0.0943. The van der Waals surface area contributed by atoms with Crippen LogP contribution in [0.1, 0.15) is 26.8 Å². The van der Waals surface area contributed by atoms with E-state index in [0.717, 1.165) is 10.4 Å². The van der Waals surface area contributed by atoms with E-state index in [9.17, 15) is 9.18 Å². The molecule has 4 aromatic rings. The molecule has 1 amide bonds. The lowest BCUT2D eigenvalue weighted by atomic mass is 10.0. The highest BCUT2D eigenvalue weighted by Gasteiger charge is 2.19. The Hall–Kier alpha value is -3.06. The number of rotatable bonds is 4. The van der Waals surface area contributed by atoms with Crippen LogP contribution in [0.25, 0.3) is 11.0 Å². The van der Waals surface area contributed by atoms with Gasteiger partial charge in [0.2, 0.25) is 0 Å². The number of fused-ring (bicyclic) bond motifs is 1. The first kappa shape index (κ1) is 15.5. The zero-order valence-electron chi connectivity index (χ0n) is 12.9. The molecule has 5 nitrogen and oxygen atoms in total. The molecule has 0 bridgehead atoms. The van der Waals surface area contributed by atoms with Crippen molar-refractivity contribution in [3.05, 3.63) is 81.8 Å². The number of nitrogens with one attached hydrogen (secondary N) is 2. The Kier molecular flexibility index (Phi) is 3.99. The number of benzene rings is 2. The monoisotopic (exact) mass is 352 g/mol. The summed E-state index contributed by atoms with van der Waals surface area (Å²) in [5.74, 6) is -0.538. The fourth-order valence-electron chi connectivity index (χ4n) is 2.63. The van der Waals surface area contributed by atoms with Crippen molar-refractivity contribution in [2.24, 2.45) is 0 Å². The Bertz CT molecular complexity index is 1010. The number of aromatic amines is 1. The topological polar surface area (TPSA) is 70.7 Å². The molecule has 124 valence electrons. The van der Waals surface area contributed by atoms with Gasteiger partial charge < -0.3 is 5.32 Å². The normalized spacial score (nSPS) is 12.2. The second kappa shape index (κ2) is 6.45. The minimum atomic E-state index is -0.346. The van der Waals surface area contributed by atoms with Gasteiger partial charge in [0, 0.05) is 10.4 Å². The maximum absolute atomic E-state index is 13.2. The number of carbonyl (C=O) groups is 1. The SMILES string of the molecule is O=C(NC(c1ccc(F)cc1)c1cccs1)c1ccc2n[nH]nc2c1. The Morgan fingerprint density at radius 3 is 2.64 bits per heavy atom. The van der Waals surface area contributed by atoms with E-state index in [-0.39, 0.29) is 17.8 Å². The summed E-state index contributed by atoms with van der Waals surface area (Å²) in [7, 11) is 0. The van der Waals surface area contributed by atoms with Crippen LogP contribution >= 0.6 is 11.3 Å². The van der Waals surface area contributed by atoms with Crippen LogP contribution in [0.3, 0.4) is 0 Å². The molecule has 2 aromatic carbocycles. The minimum absolute atomic E-state index is 0.229. The fourth-order valence-corrected chi connectivity index (χ4v) is 3.43. The maximum atomic E-state index is 13.2. The van der Waals surface area contributed by atoms with Crippen molar-refractivity contribution >= 4 is 28.3 Å². The Balaban J connectivity index is 1.65. The molecule has 0 saturated heterocycles. The molecular formula is C18H13FN4OS. The third kappa shape index (κ3) is 3.14. The zero-order valence-corrected chi connectivity index (χ0v) is 13.8. The first-order valence-electron chi connectivity index (χ1n) is 7.61. The second-order valence-corrected chi connectivity index (χ2v) is 6.48. The molecule has 7 heteroatoms. The third-order valence-electron chi connectivity index (χ3n) is 3.88. The molecule has 0 aliphatic carbocycles. The number of halogens is 1. The number of hydrogen-bond acceptors (Lipinski definition) is 4. The van der Waals surface area contributed by atoms with Gasteiger partial charge in [-0.1, -0.05) is 18.2 Å². The van der Waals surface area contributed by atoms with Crippen LogP contribution in [0.2, 0.25) is 0 Å². The van der Waals surface area contributed by atoms with Crippen LogP contribution in [0.4, 0.5) is 4.39 Å². The lowest BCUT2D eigenvalue weighted by Gasteiger charge is -2.18. The summed E-state index contributed by atoms with van der Waals surface area (Å²) in [6.07, 6.45) is 0. The third-order valence-corrected chi connectivity index (χ3v) is 4.82. The van der Waals surface area contributed by atoms with Gasteiger partial charge in [0.15, 0.2) is 0 Å². The summed E-state index contributed by atoms with van der Waals surface area (Å²) in [4.78, 5) is 13.7. The Morgan fingerprint density at radius 2 is 1.88 bits per heavy atom. The predicted molar refractivity (Wildman–Crippen MR) is 93.9 cm³/mol. The molecule has 0 radical (unpaired) electrons. The van der Waals surface area contributed by atoms with E-state index in [1.807, 2.05) is 17.5 Å². The van der Waals surface area contributed by atoms with Crippen molar-refractivity contribution in [2.45, 2.75) is 6.04 Å². The van der Waals surface area contributed by atoms with Gasteiger partial charge >= 0.3 is 0 Å². The van der Waals surface area contributed by atoms with Gasteiger partial charge in [0.05, 0.1) is 6.04 Å². The molecule has 0 aliphatic rings. The van der Waals surface area contributed by atoms with Gasteiger partial charge in [-0.05, 0) is 47.3 Å². The zero-order chi connectivity index (χ0) is 17.2. The Labute approximate surface area is 146 Å². The van der Waals surface area contributed by atoms with E-state index in [1.165, 1.54) is 23.5 Å². The molecule has 1 atom stereocenters. The number of thiophene rings is 1. The average molecular weight is 352 g/mol. The van der Waals surface area contributed by atoms with Gasteiger partial charge in [-0.25, -0.2) is 4.39 Å². The molecule has 0 aliphatic heterocycles. The first-order chi connectivity index (χ1) is 12.2. The van der Waals surface area contributed by atoms with E-state index in [1.54, 1.807) is 30.3 Å². The average Bonchev–Trinajstić information content (AvgIpc) is 3.31. The first-order valence-corrected chi connectivity index (χ1v) is 8.49. The number of carbonyl (C=O) groups excluding carboxylic acids is 1. The minimum Gasteiger partial charge on any atom is -0.340 e.